The molecular weight excluding hydrogens is 336 g/mol. The van der Waals surface area contributed by atoms with Crippen molar-refractivity contribution in [3.8, 4) is 11.3 Å². The van der Waals surface area contributed by atoms with Crippen LogP contribution in [-0.4, -0.2) is 22.5 Å². The molecule has 2 atom stereocenters. The Balaban J connectivity index is 1.60. The normalized spacial score (nSPS) is 29.5. The summed E-state index contributed by atoms with van der Waals surface area (Å²) < 4.78 is 5.62. The first-order valence-electron chi connectivity index (χ1n) is 8.36. The van der Waals surface area contributed by atoms with Gasteiger partial charge in [-0.1, -0.05) is 44.2 Å². The number of anilines is 1. The van der Waals surface area contributed by atoms with Crippen molar-refractivity contribution < 1.29 is 14.3 Å². The number of nitrogens with zero attached hydrogens (tertiary/aromatic N) is 1. The second-order valence-corrected chi connectivity index (χ2v) is 8.39. The molecule has 1 saturated heterocycles. The molecule has 1 aliphatic carbocycles. The van der Waals surface area contributed by atoms with Crippen LogP contribution in [0.2, 0.25) is 0 Å². The molecule has 6 heteroatoms. The summed E-state index contributed by atoms with van der Waals surface area (Å²) in [4.78, 5) is 29.8. The SMILES string of the molecule is CC1(C)[C@@]2(C(=O)Nc3nc(-c4ccccc4)cs3)CC[C@]1(C)C(=O)O2. The average molecular weight is 356 g/mol. The van der Waals surface area contributed by atoms with E-state index in [1.807, 2.05) is 56.5 Å². The van der Waals surface area contributed by atoms with Gasteiger partial charge in [0.1, 0.15) is 0 Å². The number of hydrogen-bond donors (Lipinski definition) is 1. The molecule has 1 saturated carbocycles. The van der Waals surface area contributed by atoms with Crippen molar-refractivity contribution in [2.75, 3.05) is 5.32 Å². The fourth-order valence-corrected chi connectivity index (χ4v) is 4.73. The number of esters is 1. The molecule has 2 heterocycles. The van der Waals surface area contributed by atoms with Gasteiger partial charge in [-0.2, -0.15) is 0 Å². The molecule has 0 radical (unpaired) electrons. The van der Waals surface area contributed by atoms with Crippen LogP contribution in [0.15, 0.2) is 35.7 Å². The van der Waals surface area contributed by atoms with Crippen molar-refractivity contribution in [3.05, 3.63) is 35.7 Å². The number of thiazole rings is 1. The van der Waals surface area contributed by atoms with Crippen molar-refractivity contribution in [1.82, 2.24) is 4.98 Å². The maximum absolute atomic E-state index is 13.0. The zero-order valence-corrected chi connectivity index (χ0v) is 15.3. The zero-order valence-electron chi connectivity index (χ0n) is 14.5. The highest BCUT2D eigenvalue weighted by atomic mass is 32.1. The fraction of sp³-hybridized carbons (Fsp3) is 0.421. The van der Waals surface area contributed by atoms with Gasteiger partial charge in [-0.25, -0.2) is 4.98 Å². The lowest BCUT2D eigenvalue weighted by Crippen LogP contribution is -2.50. The lowest BCUT2D eigenvalue weighted by molar-refractivity contribution is -0.165. The maximum Gasteiger partial charge on any atom is 0.313 e. The number of amides is 1. The summed E-state index contributed by atoms with van der Waals surface area (Å²) in [6.45, 7) is 5.79. The van der Waals surface area contributed by atoms with Crippen LogP contribution < -0.4 is 5.32 Å². The highest BCUT2D eigenvalue weighted by molar-refractivity contribution is 7.14. The molecule has 1 N–H and O–H groups in total. The molecule has 1 aliphatic heterocycles. The molecule has 2 aliphatic rings. The van der Waals surface area contributed by atoms with Gasteiger partial charge in [0.15, 0.2) is 10.7 Å². The van der Waals surface area contributed by atoms with Crippen molar-refractivity contribution in [3.63, 3.8) is 0 Å². The third kappa shape index (κ3) is 2.03. The van der Waals surface area contributed by atoms with Crippen molar-refractivity contribution in [2.24, 2.45) is 10.8 Å². The van der Waals surface area contributed by atoms with Crippen LogP contribution in [0.3, 0.4) is 0 Å². The molecule has 130 valence electrons. The van der Waals surface area contributed by atoms with Gasteiger partial charge >= 0.3 is 5.97 Å². The van der Waals surface area contributed by atoms with Gasteiger partial charge in [0.2, 0.25) is 0 Å². The predicted molar refractivity (Wildman–Crippen MR) is 96.1 cm³/mol. The number of rotatable bonds is 3. The number of fused-ring (bicyclic) bond motifs is 2. The molecule has 2 bridgehead atoms. The number of nitrogens with one attached hydrogen (secondary N) is 1. The maximum atomic E-state index is 13.0. The number of carbonyl (C=O) groups is 2. The van der Waals surface area contributed by atoms with Crippen LogP contribution in [0.1, 0.15) is 33.6 Å². The summed E-state index contributed by atoms with van der Waals surface area (Å²) in [5.74, 6) is -0.552. The highest BCUT2D eigenvalue weighted by Gasteiger charge is 2.75. The van der Waals surface area contributed by atoms with Gasteiger partial charge in [0.05, 0.1) is 11.1 Å². The second-order valence-electron chi connectivity index (χ2n) is 7.53. The quantitative estimate of drug-likeness (QED) is 0.848. The van der Waals surface area contributed by atoms with Crippen LogP contribution in [-0.2, 0) is 14.3 Å². The first kappa shape index (κ1) is 16.3. The molecule has 5 nitrogen and oxygen atoms in total. The average Bonchev–Trinajstić information content (AvgIpc) is 3.17. The number of hydrogen-bond acceptors (Lipinski definition) is 5. The molecule has 4 rings (SSSR count). The Kier molecular flexibility index (Phi) is 3.35. The molecule has 0 unspecified atom stereocenters. The van der Waals surface area contributed by atoms with E-state index < -0.39 is 16.4 Å². The van der Waals surface area contributed by atoms with Gasteiger partial charge in [-0.15, -0.1) is 11.3 Å². The Morgan fingerprint density at radius 3 is 2.52 bits per heavy atom. The van der Waals surface area contributed by atoms with E-state index >= 15 is 0 Å². The van der Waals surface area contributed by atoms with Crippen LogP contribution in [0.5, 0.6) is 0 Å². The number of carbonyl (C=O) groups excluding carboxylic acids is 2. The summed E-state index contributed by atoms with van der Waals surface area (Å²) in [5, 5.41) is 5.31. The summed E-state index contributed by atoms with van der Waals surface area (Å²) in [6.07, 6.45) is 1.21. The van der Waals surface area contributed by atoms with E-state index in [0.29, 0.717) is 18.0 Å². The van der Waals surface area contributed by atoms with E-state index in [9.17, 15) is 9.59 Å². The lowest BCUT2D eigenvalue weighted by Gasteiger charge is -2.35. The molecule has 25 heavy (non-hydrogen) atoms. The summed E-state index contributed by atoms with van der Waals surface area (Å²) in [6, 6.07) is 9.80. The third-order valence-electron chi connectivity index (χ3n) is 6.24. The van der Waals surface area contributed by atoms with E-state index in [1.54, 1.807) is 0 Å². The number of aromatic nitrogens is 1. The van der Waals surface area contributed by atoms with Crippen molar-refractivity contribution in [2.45, 2.75) is 39.2 Å². The van der Waals surface area contributed by atoms with Crippen molar-refractivity contribution in [1.29, 1.82) is 0 Å². The minimum absolute atomic E-state index is 0.275. The molecule has 2 fully saturated rings. The van der Waals surface area contributed by atoms with Gasteiger partial charge < -0.3 is 4.74 Å². The van der Waals surface area contributed by atoms with E-state index in [-0.39, 0.29) is 11.9 Å². The van der Waals surface area contributed by atoms with Gasteiger partial charge in [-0.3, -0.25) is 14.9 Å². The molecule has 1 aromatic heterocycles. The van der Waals surface area contributed by atoms with Crippen LogP contribution in [0.4, 0.5) is 5.13 Å². The van der Waals surface area contributed by atoms with Gasteiger partial charge in [0.25, 0.3) is 5.91 Å². The molecule has 1 amide bonds. The van der Waals surface area contributed by atoms with Crippen LogP contribution in [0, 0.1) is 10.8 Å². The summed E-state index contributed by atoms with van der Waals surface area (Å²) in [7, 11) is 0. The van der Waals surface area contributed by atoms with Gasteiger partial charge in [-0.05, 0) is 19.8 Å². The lowest BCUT2D eigenvalue weighted by atomic mass is 9.66. The standard InChI is InChI=1S/C19H20N2O3S/c1-17(2)18(3)9-10-19(17,24-15(18)23)14(22)21-16-20-13(11-25-16)12-7-5-4-6-8-12/h4-8,11H,9-10H2,1-3H3,(H,20,21,22)/t18-,19+/m1/s1. The molecular formula is C19H20N2O3S. The Hall–Kier alpha value is -2.21. The summed E-state index contributed by atoms with van der Waals surface area (Å²) in [5.41, 5.74) is -0.462. The first-order chi connectivity index (χ1) is 11.8. The minimum atomic E-state index is -1.11. The van der Waals surface area contributed by atoms with Crippen LogP contribution >= 0.6 is 11.3 Å². The van der Waals surface area contributed by atoms with Gasteiger partial charge in [0, 0.05) is 16.4 Å². The number of ether oxygens (including phenoxy) is 1. The van der Waals surface area contributed by atoms with Crippen LogP contribution in [0.25, 0.3) is 11.3 Å². The topological polar surface area (TPSA) is 68.3 Å². The number of benzene rings is 1. The minimum Gasteiger partial charge on any atom is -0.448 e. The van der Waals surface area contributed by atoms with Crippen molar-refractivity contribution >= 4 is 28.3 Å². The molecule has 1 aromatic carbocycles. The van der Waals surface area contributed by atoms with E-state index in [0.717, 1.165) is 11.3 Å². The monoisotopic (exact) mass is 356 g/mol. The fourth-order valence-electron chi connectivity index (χ4n) is 4.02. The Labute approximate surface area is 150 Å². The van der Waals surface area contributed by atoms with E-state index in [2.05, 4.69) is 10.3 Å². The highest BCUT2D eigenvalue weighted by Crippen LogP contribution is 2.65. The Bertz CT molecular complexity index is 861. The first-order valence-corrected chi connectivity index (χ1v) is 9.24. The predicted octanol–water partition coefficient (Wildman–Crippen LogP) is 3.87. The largest absolute Gasteiger partial charge is 0.448 e. The molecule has 0 spiro atoms. The zero-order chi connectivity index (χ0) is 17.9. The van der Waals surface area contributed by atoms with E-state index in [1.165, 1.54) is 11.3 Å². The smallest absolute Gasteiger partial charge is 0.313 e. The third-order valence-corrected chi connectivity index (χ3v) is 7.00. The second kappa shape index (κ2) is 5.14. The Morgan fingerprint density at radius 2 is 1.92 bits per heavy atom. The summed E-state index contributed by atoms with van der Waals surface area (Å²) >= 11 is 1.37. The van der Waals surface area contributed by atoms with E-state index in [4.69, 9.17) is 4.74 Å². The molecule has 2 aromatic rings. The Morgan fingerprint density at radius 1 is 1.20 bits per heavy atom.